The third-order valence-corrected chi connectivity index (χ3v) is 6.82. The van der Waals surface area contributed by atoms with Gasteiger partial charge in [-0.1, -0.05) is 13.8 Å². The molecule has 162 valence electrons. The molecule has 2 aromatic carbocycles. The van der Waals surface area contributed by atoms with Crippen LogP contribution >= 0.6 is 0 Å². The van der Waals surface area contributed by atoms with Crippen molar-refractivity contribution in [2.75, 3.05) is 45.2 Å². The van der Waals surface area contributed by atoms with Crippen LogP contribution in [0.2, 0.25) is 0 Å². The molecule has 0 aromatic heterocycles. The fourth-order valence-corrected chi connectivity index (χ4v) is 4.48. The lowest BCUT2D eigenvalue weighted by molar-refractivity contribution is 0.102. The smallest absolute Gasteiger partial charge is 0.255 e. The molecular formula is C22H29N3O4S. The summed E-state index contributed by atoms with van der Waals surface area (Å²) in [4.78, 5) is 14.8. The van der Waals surface area contributed by atoms with Crippen molar-refractivity contribution in [3.63, 3.8) is 0 Å². The molecule has 1 N–H and O–H groups in total. The topological polar surface area (TPSA) is 78.9 Å². The maximum absolute atomic E-state index is 12.8. The Morgan fingerprint density at radius 1 is 1.00 bits per heavy atom. The molecule has 1 aliphatic rings. The largest absolute Gasteiger partial charge is 0.493 e. The average Bonchev–Trinajstić information content (AvgIpc) is 2.73. The van der Waals surface area contributed by atoms with Gasteiger partial charge in [0, 0.05) is 37.4 Å². The third-order valence-electron chi connectivity index (χ3n) is 4.91. The van der Waals surface area contributed by atoms with E-state index in [0.717, 1.165) is 5.75 Å². The Labute approximate surface area is 178 Å². The van der Waals surface area contributed by atoms with E-state index in [1.165, 1.54) is 16.4 Å². The Morgan fingerprint density at radius 3 is 2.17 bits per heavy atom. The number of benzene rings is 2. The van der Waals surface area contributed by atoms with Crippen molar-refractivity contribution in [2.45, 2.75) is 18.7 Å². The summed E-state index contributed by atoms with van der Waals surface area (Å²) < 4.78 is 32.7. The molecule has 0 radical (unpaired) electrons. The Balaban J connectivity index is 1.62. The van der Waals surface area contributed by atoms with Crippen LogP contribution in [0.3, 0.4) is 0 Å². The van der Waals surface area contributed by atoms with Gasteiger partial charge in [-0.05, 0) is 61.5 Å². The molecule has 1 amide bonds. The summed E-state index contributed by atoms with van der Waals surface area (Å²) in [5, 5.41) is 2.80. The van der Waals surface area contributed by atoms with Gasteiger partial charge < -0.3 is 15.0 Å². The zero-order valence-electron chi connectivity index (χ0n) is 17.7. The number of nitrogens with zero attached hydrogens (tertiary/aromatic N) is 2. The highest BCUT2D eigenvalue weighted by atomic mass is 32.2. The Kier molecular flexibility index (Phi) is 7.12. The van der Waals surface area contributed by atoms with Crippen LogP contribution in [0.15, 0.2) is 53.4 Å². The van der Waals surface area contributed by atoms with Gasteiger partial charge in [0.25, 0.3) is 5.91 Å². The summed E-state index contributed by atoms with van der Waals surface area (Å²) in [6.45, 7) is 7.16. The number of hydrogen-bond acceptors (Lipinski definition) is 5. The Hall–Kier alpha value is -2.42. The van der Waals surface area contributed by atoms with Crippen molar-refractivity contribution in [3.8, 4) is 5.75 Å². The fraction of sp³-hybridized carbons (Fsp3) is 0.409. The van der Waals surface area contributed by atoms with Crippen molar-refractivity contribution in [2.24, 2.45) is 5.92 Å². The molecule has 0 saturated carbocycles. The maximum Gasteiger partial charge on any atom is 0.255 e. The van der Waals surface area contributed by atoms with Crippen LogP contribution in [0.5, 0.6) is 5.75 Å². The predicted octanol–water partition coefficient (Wildman–Crippen LogP) is 2.91. The molecule has 0 atom stereocenters. The van der Waals surface area contributed by atoms with Crippen molar-refractivity contribution < 1.29 is 17.9 Å². The molecule has 30 heavy (non-hydrogen) atoms. The molecule has 1 heterocycles. The SMILES string of the molecule is CC(C)COc1ccc(C(=O)Nc2ccc(S(=O)(=O)N3CCN(C)CC3)cc2)cc1. The third kappa shape index (κ3) is 5.59. The van der Waals surface area contributed by atoms with E-state index in [1.54, 1.807) is 36.4 Å². The van der Waals surface area contributed by atoms with E-state index in [-0.39, 0.29) is 10.8 Å². The van der Waals surface area contributed by atoms with Crippen LogP contribution in [0, 0.1) is 5.92 Å². The minimum atomic E-state index is -3.52. The molecule has 0 aliphatic carbocycles. The summed E-state index contributed by atoms with van der Waals surface area (Å²) in [7, 11) is -1.54. The number of carbonyl (C=O) groups excluding carboxylic acids is 1. The zero-order chi connectivity index (χ0) is 21.7. The van der Waals surface area contributed by atoms with E-state index >= 15 is 0 Å². The average molecular weight is 432 g/mol. The van der Waals surface area contributed by atoms with Crippen LogP contribution in [-0.2, 0) is 10.0 Å². The van der Waals surface area contributed by atoms with Gasteiger partial charge in [-0.25, -0.2) is 8.42 Å². The highest BCUT2D eigenvalue weighted by Crippen LogP contribution is 2.20. The van der Waals surface area contributed by atoms with Crippen molar-refractivity contribution in [3.05, 3.63) is 54.1 Å². The number of sulfonamides is 1. The molecular weight excluding hydrogens is 402 g/mol. The summed E-state index contributed by atoms with van der Waals surface area (Å²) >= 11 is 0. The molecule has 0 spiro atoms. The van der Waals surface area contributed by atoms with E-state index in [9.17, 15) is 13.2 Å². The first-order valence-electron chi connectivity index (χ1n) is 10.1. The molecule has 7 nitrogen and oxygen atoms in total. The second-order valence-corrected chi connectivity index (χ2v) is 9.85. The van der Waals surface area contributed by atoms with Crippen LogP contribution in [-0.4, -0.2) is 63.4 Å². The Morgan fingerprint density at radius 2 is 1.60 bits per heavy atom. The lowest BCUT2D eigenvalue weighted by Gasteiger charge is -2.31. The minimum absolute atomic E-state index is 0.233. The van der Waals surface area contributed by atoms with Crippen molar-refractivity contribution >= 4 is 21.6 Å². The number of piperazine rings is 1. The number of nitrogens with one attached hydrogen (secondary N) is 1. The van der Waals surface area contributed by atoms with E-state index in [2.05, 4.69) is 24.1 Å². The first-order valence-corrected chi connectivity index (χ1v) is 11.5. The summed E-state index contributed by atoms with van der Waals surface area (Å²) in [6.07, 6.45) is 0. The second-order valence-electron chi connectivity index (χ2n) is 7.92. The number of ether oxygens (including phenoxy) is 1. The number of likely N-dealkylation sites (N-methyl/N-ethyl adjacent to an activating group) is 1. The molecule has 2 aromatic rings. The van der Waals surface area contributed by atoms with Crippen LogP contribution in [0.4, 0.5) is 5.69 Å². The summed E-state index contributed by atoms with van der Waals surface area (Å²) in [5.41, 5.74) is 1.04. The zero-order valence-corrected chi connectivity index (χ0v) is 18.5. The molecule has 1 aliphatic heterocycles. The standard InChI is InChI=1S/C22H29N3O4S/c1-17(2)16-29-20-8-4-18(5-9-20)22(26)23-19-6-10-21(11-7-19)30(27,28)25-14-12-24(3)13-15-25/h4-11,17H,12-16H2,1-3H3,(H,23,26). The monoisotopic (exact) mass is 431 g/mol. The molecule has 3 rings (SSSR count). The quantitative estimate of drug-likeness (QED) is 0.729. The van der Waals surface area contributed by atoms with Gasteiger partial charge >= 0.3 is 0 Å². The highest BCUT2D eigenvalue weighted by molar-refractivity contribution is 7.89. The molecule has 1 fully saturated rings. The van der Waals surface area contributed by atoms with Gasteiger partial charge in [0.15, 0.2) is 0 Å². The van der Waals surface area contributed by atoms with Crippen molar-refractivity contribution in [1.82, 2.24) is 9.21 Å². The second kappa shape index (κ2) is 9.59. The van der Waals surface area contributed by atoms with Crippen LogP contribution in [0.25, 0.3) is 0 Å². The van der Waals surface area contributed by atoms with E-state index in [0.29, 0.717) is 50.0 Å². The van der Waals surface area contributed by atoms with Crippen LogP contribution in [0.1, 0.15) is 24.2 Å². The van der Waals surface area contributed by atoms with Gasteiger partial charge in [-0.15, -0.1) is 0 Å². The molecule has 0 unspecified atom stereocenters. The normalized spacial score (nSPS) is 15.9. The molecule has 0 bridgehead atoms. The predicted molar refractivity (Wildman–Crippen MR) is 117 cm³/mol. The summed E-state index contributed by atoms with van der Waals surface area (Å²) in [5.74, 6) is 0.884. The fourth-order valence-electron chi connectivity index (χ4n) is 3.06. The van der Waals surface area contributed by atoms with Gasteiger partial charge in [-0.3, -0.25) is 4.79 Å². The van der Waals surface area contributed by atoms with E-state index in [4.69, 9.17) is 4.74 Å². The highest BCUT2D eigenvalue weighted by Gasteiger charge is 2.27. The Bertz CT molecular complexity index is 949. The first-order chi connectivity index (χ1) is 14.3. The first kappa shape index (κ1) is 22.3. The number of hydrogen-bond donors (Lipinski definition) is 1. The number of anilines is 1. The summed E-state index contributed by atoms with van der Waals surface area (Å²) in [6, 6.07) is 13.2. The van der Waals surface area contributed by atoms with Crippen LogP contribution < -0.4 is 10.1 Å². The van der Waals surface area contributed by atoms with E-state index < -0.39 is 10.0 Å². The van der Waals surface area contributed by atoms with Gasteiger partial charge in [-0.2, -0.15) is 4.31 Å². The van der Waals surface area contributed by atoms with Gasteiger partial charge in [0.1, 0.15) is 5.75 Å². The number of rotatable bonds is 7. The lowest BCUT2D eigenvalue weighted by Crippen LogP contribution is -2.46. The van der Waals surface area contributed by atoms with E-state index in [1.807, 2.05) is 7.05 Å². The van der Waals surface area contributed by atoms with Gasteiger partial charge in [0.2, 0.25) is 10.0 Å². The minimum Gasteiger partial charge on any atom is -0.493 e. The van der Waals surface area contributed by atoms with Gasteiger partial charge in [0.05, 0.1) is 11.5 Å². The lowest BCUT2D eigenvalue weighted by atomic mass is 10.2. The number of amides is 1. The van der Waals surface area contributed by atoms with Crippen molar-refractivity contribution in [1.29, 1.82) is 0 Å². The maximum atomic E-state index is 12.8. The molecule has 1 saturated heterocycles. The molecule has 8 heteroatoms. The number of carbonyl (C=O) groups is 1.